The number of hydrogen-bond acceptors (Lipinski definition) is 8. The molecule has 0 aliphatic heterocycles. The first-order valence-electron chi connectivity index (χ1n) is 20.6. The molecule has 2 atom stereocenters. The molecule has 3 N–H and O–H groups in total. The van der Waals surface area contributed by atoms with Crippen LogP contribution in [0.3, 0.4) is 0 Å². The molecule has 2 unspecified atom stereocenters. The zero-order valence-electron chi connectivity index (χ0n) is 33.0. The van der Waals surface area contributed by atoms with E-state index < -0.39 is 26.5 Å². The van der Waals surface area contributed by atoms with Gasteiger partial charge in [0.15, 0.2) is 6.10 Å². The van der Waals surface area contributed by atoms with Crippen molar-refractivity contribution in [1.82, 2.24) is 0 Å². The Hall–Kier alpha value is -2.03. The van der Waals surface area contributed by atoms with Crippen LogP contribution in [0.2, 0.25) is 0 Å². The summed E-state index contributed by atoms with van der Waals surface area (Å²) >= 11 is 0. The number of carbonyl (C=O) groups excluding carboxylic acids is 2. The average molecular weight is 754 g/mol. The highest BCUT2D eigenvalue weighted by molar-refractivity contribution is 7.47. The van der Waals surface area contributed by atoms with E-state index >= 15 is 0 Å². The molecule has 0 heterocycles. The van der Waals surface area contributed by atoms with Gasteiger partial charge in [-0.05, 0) is 51.4 Å². The molecule has 9 nitrogen and oxygen atoms in total. The van der Waals surface area contributed by atoms with Crippen molar-refractivity contribution in [1.29, 1.82) is 0 Å². The van der Waals surface area contributed by atoms with Gasteiger partial charge in [0, 0.05) is 19.4 Å². The molecular weight excluding hydrogens is 677 g/mol. The molecule has 0 spiro atoms. The molecule has 0 amide bonds. The maximum absolute atomic E-state index is 12.5. The van der Waals surface area contributed by atoms with Crippen molar-refractivity contribution in [3.05, 3.63) is 48.6 Å². The van der Waals surface area contributed by atoms with Gasteiger partial charge >= 0.3 is 19.8 Å². The molecule has 0 aliphatic rings. The Labute approximate surface area is 317 Å². The maximum Gasteiger partial charge on any atom is 0.472 e. The monoisotopic (exact) mass is 754 g/mol. The molecule has 0 saturated carbocycles. The van der Waals surface area contributed by atoms with Crippen LogP contribution in [-0.4, -0.2) is 49.3 Å². The van der Waals surface area contributed by atoms with Crippen molar-refractivity contribution in [3.8, 4) is 0 Å². The number of phosphoric acid groups is 1. The maximum atomic E-state index is 12.5. The third-order valence-electron chi connectivity index (χ3n) is 8.48. The number of allylic oxidation sites excluding steroid dienone is 8. The molecule has 0 aromatic carbocycles. The first-order valence-corrected chi connectivity index (χ1v) is 22.1. The lowest BCUT2D eigenvalue weighted by atomic mass is 10.0. The average Bonchev–Trinajstić information content (AvgIpc) is 3.13. The zero-order chi connectivity index (χ0) is 38.2. The predicted octanol–water partition coefficient (Wildman–Crippen LogP) is 11.6. The summed E-state index contributed by atoms with van der Waals surface area (Å²) in [5.74, 6) is -0.839. The van der Waals surface area contributed by atoms with Gasteiger partial charge in [0.05, 0.1) is 13.2 Å². The quantitative estimate of drug-likeness (QED) is 0.0273. The summed E-state index contributed by atoms with van der Waals surface area (Å²) in [6.07, 6.45) is 43.0. The summed E-state index contributed by atoms with van der Waals surface area (Å²) in [4.78, 5) is 34.7. The molecule has 0 fully saturated rings. The van der Waals surface area contributed by atoms with Crippen LogP contribution < -0.4 is 5.73 Å². The molecule has 302 valence electrons. The standard InChI is InChI=1S/C42H76NO8P/c1-3-5-7-9-11-13-14-15-16-17-18-19-20-21-22-23-24-25-26-27-29-31-33-35-42(45)51-40(39-50-52(46,47)49-37-36-43)38-48-41(44)34-32-30-28-12-10-8-6-4-2/h5,7,11,13,15-16,18-19,40H,3-4,6,8-10,12,14,17,20-39,43H2,1-2H3,(H,46,47)/b7-5-,13-11-,16-15-,19-18-. The number of unbranched alkanes of at least 4 members (excludes halogenated alkanes) is 17. The highest BCUT2D eigenvalue weighted by Crippen LogP contribution is 2.43. The van der Waals surface area contributed by atoms with Crippen LogP contribution in [0.15, 0.2) is 48.6 Å². The van der Waals surface area contributed by atoms with E-state index in [2.05, 4.69) is 62.5 Å². The number of carbonyl (C=O) groups is 2. The lowest BCUT2D eigenvalue weighted by Gasteiger charge is -2.19. The van der Waals surface area contributed by atoms with Gasteiger partial charge in [-0.25, -0.2) is 4.57 Å². The molecule has 52 heavy (non-hydrogen) atoms. The smallest absolute Gasteiger partial charge is 0.462 e. The molecule has 0 saturated heterocycles. The Balaban J connectivity index is 4.06. The number of nitrogens with two attached hydrogens (primary N) is 1. The normalized spacial score (nSPS) is 13.8. The van der Waals surface area contributed by atoms with E-state index in [-0.39, 0.29) is 38.6 Å². The second kappa shape index (κ2) is 38.7. The van der Waals surface area contributed by atoms with Crippen LogP contribution in [0.1, 0.15) is 174 Å². The van der Waals surface area contributed by atoms with Gasteiger partial charge < -0.3 is 20.1 Å². The van der Waals surface area contributed by atoms with Crippen LogP contribution in [0.25, 0.3) is 0 Å². The van der Waals surface area contributed by atoms with Crippen molar-refractivity contribution in [2.75, 3.05) is 26.4 Å². The van der Waals surface area contributed by atoms with Crippen LogP contribution in [-0.2, 0) is 32.7 Å². The summed E-state index contributed by atoms with van der Waals surface area (Å²) in [5, 5.41) is 0. The van der Waals surface area contributed by atoms with Crippen molar-refractivity contribution in [3.63, 3.8) is 0 Å². The molecule has 0 rings (SSSR count). The highest BCUT2D eigenvalue weighted by atomic mass is 31.2. The molecule has 0 aromatic heterocycles. The van der Waals surface area contributed by atoms with Gasteiger partial charge in [-0.3, -0.25) is 18.6 Å². The second-order valence-corrected chi connectivity index (χ2v) is 14.9. The third-order valence-corrected chi connectivity index (χ3v) is 9.46. The van der Waals surface area contributed by atoms with Crippen LogP contribution in [0.4, 0.5) is 0 Å². The number of phosphoric ester groups is 1. The molecule has 10 heteroatoms. The lowest BCUT2D eigenvalue weighted by molar-refractivity contribution is -0.161. The molecule has 0 radical (unpaired) electrons. The Morgan fingerprint density at radius 2 is 1.06 bits per heavy atom. The topological polar surface area (TPSA) is 134 Å². The highest BCUT2D eigenvalue weighted by Gasteiger charge is 2.26. The largest absolute Gasteiger partial charge is 0.472 e. The third kappa shape index (κ3) is 37.7. The van der Waals surface area contributed by atoms with E-state index in [0.29, 0.717) is 6.42 Å². The van der Waals surface area contributed by atoms with Gasteiger partial charge in [-0.1, -0.05) is 159 Å². The molecule has 0 bridgehead atoms. The Morgan fingerprint density at radius 1 is 0.596 bits per heavy atom. The van der Waals surface area contributed by atoms with Crippen LogP contribution in [0.5, 0.6) is 0 Å². The minimum absolute atomic E-state index is 0.0520. The van der Waals surface area contributed by atoms with E-state index in [1.165, 1.54) is 70.6 Å². The molecule has 0 aliphatic carbocycles. The predicted molar refractivity (Wildman–Crippen MR) is 215 cm³/mol. The minimum atomic E-state index is -4.37. The first kappa shape index (κ1) is 50.0. The lowest BCUT2D eigenvalue weighted by Crippen LogP contribution is -2.29. The van der Waals surface area contributed by atoms with Crippen molar-refractivity contribution in [2.24, 2.45) is 5.73 Å². The first-order chi connectivity index (χ1) is 25.3. The van der Waals surface area contributed by atoms with Gasteiger partial charge in [-0.15, -0.1) is 0 Å². The minimum Gasteiger partial charge on any atom is -0.462 e. The number of hydrogen-bond donors (Lipinski definition) is 2. The van der Waals surface area contributed by atoms with Crippen molar-refractivity contribution < 1.29 is 37.6 Å². The number of rotatable bonds is 38. The van der Waals surface area contributed by atoms with E-state index in [0.717, 1.165) is 70.6 Å². The summed E-state index contributed by atoms with van der Waals surface area (Å²) < 4.78 is 32.6. The van der Waals surface area contributed by atoms with Gasteiger partial charge in [0.2, 0.25) is 0 Å². The summed E-state index contributed by atoms with van der Waals surface area (Å²) in [7, 11) is -4.37. The van der Waals surface area contributed by atoms with Crippen LogP contribution in [0, 0.1) is 0 Å². The van der Waals surface area contributed by atoms with E-state index in [1.54, 1.807) is 0 Å². The van der Waals surface area contributed by atoms with E-state index in [9.17, 15) is 19.0 Å². The van der Waals surface area contributed by atoms with Gasteiger partial charge in [0.1, 0.15) is 6.61 Å². The second-order valence-electron chi connectivity index (χ2n) is 13.5. The van der Waals surface area contributed by atoms with Crippen molar-refractivity contribution in [2.45, 2.75) is 180 Å². The zero-order valence-corrected chi connectivity index (χ0v) is 33.9. The Kier molecular flexibility index (Phi) is 37.2. The number of ether oxygens (including phenoxy) is 2. The van der Waals surface area contributed by atoms with Gasteiger partial charge in [-0.2, -0.15) is 0 Å². The van der Waals surface area contributed by atoms with Gasteiger partial charge in [0.25, 0.3) is 0 Å². The fraction of sp³-hybridized carbons (Fsp3) is 0.762. The molecule has 0 aromatic rings. The SMILES string of the molecule is CC/C=C\C/C=C\C/C=C\C/C=C\CCCCCCCCCCCCC(=O)OC(COC(=O)CCCCCCCCCC)COP(=O)(O)OCCN. The summed E-state index contributed by atoms with van der Waals surface area (Å²) in [6.45, 7) is 3.57. The summed E-state index contributed by atoms with van der Waals surface area (Å²) in [6, 6.07) is 0. The van der Waals surface area contributed by atoms with E-state index in [4.69, 9.17) is 24.3 Å². The Bertz CT molecular complexity index is 996. The fourth-order valence-corrected chi connectivity index (χ4v) is 6.21. The number of esters is 2. The fourth-order valence-electron chi connectivity index (χ4n) is 5.45. The van der Waals surface area contributed by atoms with Crippen molar-refractivity contribution >= 4 is 19.8 Å². The Morgan fingerprint density at radius 3 is 1.58 bits per heavy atom. The molecular formula is C42H76NO8P. The van der Waals surface area contributed by atoms with E-state index in [1.807, 2.05) is 0 Å². The summed E-state index contributed by atoms with van der Waals surface area (Å²) in [5.41, 5.74) is 5.33. The van der Waals surface area contributed by atoms with Crippen LogP contribution >= 0.6 is 7.82 Å².